The number of esters is 1. The zero-order chi connectivity index (χ0) is 15.6. The molecule has 0 saturated heterocycles. The standard InChI is InChI=1S/C14H11BrCl2N2O2/c1-21-14(20)7-3-2-4-10(13(7)18)19-9-6-5-8(15)11(16)12(9)17/h2-6,19H,18H2,1H3. The van der Waals surface area contributed by atoms with Crippen LogP contribution < -0.4 is 11.1 Å². The number of halogens is 3. The van der Waals surface area contributed by atoms with Crippen LogP contribution in [0, 0.1) is 0 Å². The Morgan fingerprint density at radius 1 is 1.19 bits per heavy atom. The summed E-state index contributed by atoms with van der Waals surface area (Å²) in [7, 11) is 1.30. The molecule has 2 aromatic carbocycles. The van der Waals surface area contributed by atoms with E-state index in [9.17, 15) is 4.79 Å². The van der Waals surface area contributed by atoms with Crippen molar-refractivity contribution in [2.75, 3.05) is 18.2 Å². The summed E-state index contributed by atoms with van der Waals surface area (Å²) in [5, 5.41) is 3.81. The first kappa shape index (κ1) is 15.9. The Kier molecular flexibility index (Phi) is 4.98. The summed E-state index contributed by atoms with van der Waals surface area (Å²) < 4.78 is 5.37. The van der Waals surface area contributed by atoms with Crippen LogP contribution in [-0.2, 0) is 4.74 Å². The number of hydrogen-bond donors (Lipinski definition) is 2. The lowest BCUT2D eigenvalue weighted by Crippen LogP contribution is -2.07. The summed E-state index contributed by atoms with van der Waals surface area (Å²) in [6.45, 7) is 0. The lowest BCUT2D eigenvalue weighted by Gasteiger charge is -2.14. The second kappa shape index (κ2) is 6.56. The Labute approximate surface area is 140 Å². The fraction of sp³-hybridized carbons (Fsp3) is 0.0714. The minimum absolute atomic E-state index is 0.277. The Hall–Kier alpha value is -1.43. The highest BCUT2D eigenvalue weighted by atomic mass is 79.9. The zero-order valence-electron chi connectivity index (χ0n) is 10.9. The first-order valence-corrected chi connectivity index (χ1v) is 7.38. The predicted octanol–water partition coefficient (Wildman–Crippen LogP) is 4.87. The van der Waals surface area contributed by atoms with Crippen molar-refractivity contribution in [2.24, 2.45) is 0 Å². The summed E-state index contributed by atoms with van der Waals surface area (Å²) in [6, 6.07) is 8.52. The lowest BCUT2D eigenvalue weighted by molar-refractivity contribution is 0.0602. The summed E-state index contributed by atoms with van der Waals surface area (Å²) in [5.74, 6) is -0.504. The first-order valence-electron chi connectivity index (χ1n) is 5.83. The number of nitrogen functional groups attached to an aromatic ring is 1. The van der Waals surface area contributed by atoms with E-state index >= 15 is 0 Å². The van der Waals surface area contributed by atoms with E-state index in [1.54, 1.807) is 30.3 Å². The topological polar surface area (TPSA) is 64.3 Å². The van der Waals surface area contributed by atoms with Crippen molar-refractivity contribution in [1.29, 1.82) is 0 Å². The second-order valence-electron chi connectivity index (χ2n) is 4.11. The third-order valence-electron chi connectivity index (χ3n) is 2.82. The van der Waals surface area contributed by atoms with Crippen LogP contribution in [-0.4, -0.2) is 13.1 Å². The predicted molar refractivity (Wildman–Crippen MR) is 89.6 cm³/mol. The van der Waals surface area contributed by atoms with Crippen molar-refractivity contribution in [2.45, 2.75) is 0 Å². The molecule has 0 heterocycles. The van der Waals surface area contributed by atoms with E-state index in [0.717, 1.165) is 0 Å². The van der Waals surface area contributed by atoms with Gasteiger partial charge in [-0.25, -0.2) is 4.79 Å². The van der Waals surface area contributed by atoms with Gasteiger partial charge in [-0.1, -0.05) is 29.3 Å². The molecule has 0 atom stereocenters. The average molecular weight is 390 g/mol. The third kappa shape index (κ3) is 3.26. The van der Waals surface area contributed by atoms with Crippen molar-refractivity contribution in [1.82, 2.24) is 0 Å². The van der Waals surface area contributed by atoms with Gasteiger partial charge in [-0.2, -0.15) is 0 Å². The number of para-hydroxylation sites is 1. The van der Waals surface area contributed by atoms with Gasteiger partial charge >= 0.3 is 5.97 Å². The molecule has 0 bridgehead atoms. The van der Waals surface area contributed by atoms with Crippen molar-refractivity contribution < 1.29 is 9.53 Å². The minimum Gasteiger partial charge on any atom is -0.465 e. The van der Waals surface area contributed by atoms with Crippen LogP contribution in [0.3, 0.4) is 0 Å². The van der Waals surface area contributed by atoms with E-state index < -0.39 is 5.97 Å². The molecular formula is C14H11BrCl2N2O2. The summed E-state index contributed by atoms with van der Waals surface area (Å²) in [5.41, 5.74) is 7.66. The van der Waals surface area contributed by atoms with Gasteiger partial charge in [0.2, 0.25) is 0 Å². The van der Waals surface area contributed by atoms with Crippen molar-refractivity contribution in [3.8, 4) is 0 Å². The molecule has 3 N–H and O–H groups in total. The van der Waals surface area contributed by atoms with Crippen LogP contribution in [0.5, 0.6) is 0 Å². The molecule has 7 heteroatoms. The fourth-order valence-corrected chi connectivity index (χ4v) is 2.55. The molecule has 2 aromatic rings. The van der Waals surface area contributed by atoms with E-state index in [4.69, 9.17) is 28.9 Å². The first-order chi connectivity index (χ1) is 9.95. The Morgan fingerprint density at radius 3 is 2.57 bits per heavy atom. The molecule has 110 valence electrons. The van der Waals surface area contributed by atoms with Crippen LogP contribution in [0.1, 0.15) is 10.4 Å². The number of methoxy groups -OCH3 is 1. The second-order valence-corrected chi connectivity index (χ2v) is 5.72. The molecule has 0 amide bonds. The number of carbonyl (C=O) groups excluding carboxylic acids is 1. The molecule has 0 spiro atoms. The highest BCUT2D eigenvalue weighted by molar-refractivity contribution is 9.10. The van der Waals surface area contributed by atoms with Crippen molar-refractivity contribution in [3.05, 3.63) is 50.4 Å². The molecule has 21 heavy (non-hydrogen) atoms. The maximum absolute atomic E-state index is 11.6. The molecule has 0 aliphatic carbocycles. The van der Waals surface area contributed by atoms with Crippen LogP contribution >= 0.6 is 39.1 Å². The molecule has 2 rings (SSSR count). The number of anilines is 3. The molecule has 0 fully saturated rings. The van der Waals surface area contributed by atoms with Gasteiger partial charge in [-0.3, -0.25) is 0 Å². The van der Waals surface area contributed by atoms with Crippen LogP contribution in [0.15, 0.2) is 34.8 Å². The number of benzene rings is 2. The van der Waals surface area contributed by atoms with Crippen molar-refractivity contribution in [3.63, 3.8) is 0 Å². The van der Waals surface area contributed by atoms with Gasteiger partial charge in [0.1, 0.15) is 0 Å². The van der Waals surface area contributed by atoms with E-state index in [1.807, 2.05) is 0 Å². The SMILES string of the molecule is COC(=O)c1cccc(Nc2ccc(Br)c(Cl)c2Cl)c1N. The number of hydrogen-bond acceptors (Lipinski definition) is 4. The molecular weight excluding hydrogens is 379 g/mol. The van der Waals surface area contributed by atoms with Gasteiger partial charge in [-0.05, 0) is 40.2 Å². The molecule has 0 aliphatic heterocycles. The largest absolute Gasteiger partial charge is 0.465 e. The maximum atomic E-state index is 11.6. The number of nitrogens with two attached hydrogens (primary N) is 1. The monoisotopic (exact) mass is 388 g/mol. The van der Waals surface area contributed by atoms with Crippen LogP contribution in [0.25, 0.3) is 0 Å². The number of rotatable bonds is 3. The smallest absolute Gasteiger partial charge is 0.340 e. The third-order valence-corrected chi connectivity index (χ3v) is 4.59. The normalized spacial score (nSPS) is 10.3. The van der Waals surface area contributed by atoms with Gasteiger partial charge in [0, 0.05) is 4.47 Å². The molecule has 0 unspecified atom stereocenters. The Morgan fingerprint density at radius 2 is 1.90 bits per heavy atom. The van der Waals surface area contributed by atoms with Gasteiger partial charge < -0.3 is 15.8 Å². The highest BCUT2D eigenvalue weighted by Crippen LogP contribution is 2.38. The molecule has 0 aromatic heterocycles. The van der Waals surface area contributed by atoms with E-state index in [2.05, 4.69) is 26.0 Å². The van der Waals surface area contributed by atoms with E-state index in [0.29, 0.717) is 25.9 Å². The van der Waals surface area contributed by atoms with Crippen molar-refractivity contribution >= 4 is 62.2 Å². The van der Waals surface area contributed by atoms with Gasteiger partial charge in [0.15, 0.2) is 0 Å². The lowest BCUT2D eigenvalue weighted by atomic mass is 10.1. The van der Waals surface area contributed by atoms with Gasteiger partial charge in [0.05, 0.1) is 39.8 Å². The number of carbonyl (C=O) groups is 1. The molecule has 0 saturated carbocycles. The Balaban J connectivity index is 2.41. The van der Waals surface area contributed by atoms with Gasteiger partial charge in [-0.15, -0.1) is 0 Å². The average Bonchev–Trinajstić information content (AvgIpc) is 2.49. The zero-order valence-corrected chi connectivity index (χ0v) is 14.0. The van der Waals surface area contributed by atoms with E-state index in [-0.39, 0.29) is 11.3 Å². The maximum Gasteiger partial charge on any atom is 0.340 e. The molecule has 0 aliphatic rings. The van der Waals surface area contributed by atoms with Gasteiger partial charge in [0.25, 0.3) is 0 Å². The highest BCUT2D eigenvalue weighted by Gasteiger charge is 2.14. The molecule has 4 nitrogen and oxygen atoms in total. The minimum atomic E-state index is -0.504. The van der Waals surface area contributed by atoms with Crippen LogP contribution in [0.4, 0.5) is 17.1 Å². The summed E-state index contributed by atoms with van der Waals surface area (Å²) >= 11 is 15.5. The summed E-state index contributed by atoms with van der Waals surface area (Å²) in [6.07, 6.45) is 0. The molecule has 0 radical (unpaired) electrons. The quantitative estimate of drug-likeness (QED) is 0.446. The Bertz CT molecular complexity index is 708. The van der Waals surface area contributed by atoms with Crippen LogP contribution in [0.2, 0.25) is 10.0 Å². The summed E-state index contributed by atoms with van der Waals surface area (Å²) in [4.78, 5) is 11.6. The number of nitrogens with one attached hydrogen (secondary N) is 1. The fourth-order valence-electron chi connectivity index (χ4n) is 1.73. The number of ether oxygens (including phenoxy) is 1. The van der Waals surface area contributed by atoms with E-state index in [1.165, 1.54) is 7.11 Å².